The largest absolute Gasteiger partial charge is 0.334 e. The van der Waals surface area contributed by atoms with Crippen LogP contribution < -0.4 is 0 Å². The number of hydrogen-bond donors (Lipinski definition) is 0. The minimum absolute atomic E-state index is 0.0604. The summed E-state index contributed by atoms with van der Waals surface area (Å²) in [5.74, 6) is -1.36. The molecule has 0 aliphatic carbocycles. The van der Waals surface area contributed by atoms with Crippen LogP contribution in [0, 0.1) is 0 Å². The monoisotopic (exact) mass is 378 g/mol. The number of imide groups is 1. The van der Waals surface area contributed by atoms with Crippen LogP contribution in [0.4, 0.5) is 0 Å². The Bertz CT molecular complexity index is 829. The van der Waals surface area contributed by atoms with Gasteiger partial charge in [0, 0.05) is 12.1 Å². The maximum absolute atomic E-state index is 12.9. The Labute approximate surface area is 152 Å². The molecule has 1 fully saturated rings. The summed E-state index contributed by atoms with van der Waals surface area (Å²) in [6, 6.07) is 5.90. The Balaban J connectivity index is 1.81. The lowest BCUT2D eigenvalue weighted by molar-refractivity contribution is -0.135. The molecule has 3 amide bonds. The summed E-state index contributed by atoms with van der Waals surface area (Å²) in [5.41, 5.74) is 0.590. The highest BCUT2D eigenvalue weighted by molar-refractivity contribution is 7.91. The number of rotatable bonds is 5. The molecule has 2 aliphatic heterocycles. The molecule has 3 rings (SSSR count). The van der Waals surface area contributed by atoms with Gasteiger partial charge in [-0.25, -0.2) is 8.42 Å². The van der Waals surface area contributed by atoms with Gasteiger partial charge in [-0.1, -0.05) is 19.1 Å². The van der Waals surface area contributed by atoms with Crippen LogP contribution in [0.15, 0.2) is 24.3 Å². The Morgan fingerprint density at radius 2 is 1.81 bits per heavy atom. The molecule has 140 valence electrons. The van der Waals surface area contributed by atoms with Crippen molar-refractivity contribution in [3.63, 3.8) is 0 Å². The molecular weight excluding hydrogens is 356 g/mol. The van der Waals surface area contributed by atoms with Gasteiger partial charge in [0.25, 0.3) is 11.8 Å². The fourth-order valence-corrected chi connectivity index (χ4v) is 5.31. The van der Waals surface area contributed by atoms with E-state index in [1.165, 1.54) is 0 Å². The predicted molar refractivity (Wildman–Crippen MR) is 95.5 cm³/mol. The summed E-state index contributed by atoms with van der Waals surface area (Å²) < 4.78 is 23.6. The number of carbonyl (C=O) groups excluding carboxylic acids is 3. The van der Waals surface area contributed by atoms with E-state index in [0.29, 0.717) is 24.0 Å². The second-order valence-corrected chi connectivity index (χ2v) is 9.09. The van der Waals surface area contributed by atoms with Crippen molar-refractivity contribution in [2.75, 3.05) is 18.1 Å². The minimum Gasteiger partial charge on any atom is -0.334 e. The van der Waals surface area contributed by atoms with E-state index in [1.807, 2.05) is 13.8 Å². The first-order valence-corrected chi connectivity index (χ1v) is 10.5. The van der Waals surface area contributed by atoms with E-state index in [4.69, 9.17) is 0 Å². The number of amides is 3. The number of carbonyl (C=O) groups is 3. The maximum Gasteiger partial charge on any atom is 0.262 e. The lowest BCUT2D eigenvalue weighted by Gasteiger charge is -2.34. The quantitative estimate of drug-likeness (QED) is 0.716. The third-order valence-electron chi connectivity index (χ3n) is 5.13. The molecular formula is C18H22N2O5S. The van der Waals surface area contributed by atoms with E-state index in [1.54, 1.807) is 29.2 Å². The van der Waals surface area contributed by atoms with Gasteiger partial charge in [-0.3, -0.25) is 19.3 Å². The van der Waals surface area contributed by atoms with Crippen LogP contribution in [0.3, 0.4) is 0 Å². The molecule has 0 aromatic heterocycles. The minimum atomic E-state index is -3.15. The summed E-state index contributed by atoms with van der Waals surface area (Å²) in [6.07, 6.45) is 1.05. The molecule has 2 heterocycles. The van der Waals surface area contributed by atoms with Crippen LogP contribution in [-0.4, -0.2) is 66.1 Å². The van der Waals surface area contributed by atoms with Gasteiger partial charge in [-0.15, -0.1) is 0 Å². The predicted octanol–water partition coefficient (Wildman–Crippen LogP) is 1.10. The fraction of sp³-hybridized carbons (Fsp3) is 0.500. The lowest BCUT2D eigenvalue weighted by Crippen LogP contribution is -2.51. The van der Waals surface area contributed by atoms with Gasteiger partial charge in [-0.05, 0) is 31.9 Å². The van der Waals surface area contributed by atoms with Gasteiger partial charge in [0.2, 0.25) is 5.91 Å². The van der Waals surface area contributed by atoms with Crippen LogP contribution in [0.1, 0.15) is 47.4 Å². The van der Waals surface area contributed by atoms with Gasteiger partial charge in [0.1, 0.15) is 6.54 Å². The van der Waals surface area contributed by atoms with Gasteiger partial charge in [-0.2, -0.15) is 0 Å². The van der Waals surface area contributed by atoms with Crippen molar-refractivity contribution in [2.45, 2.75) is 38.8 Å². The number of benzene rings is 1. The van der Waals surface area contributed by atoms with Crippen LogP contribution in [0.25, 0.3) is 0 Å². The normalized spacial score (nSPS) is 22.4. The molecule has 7 nitrogen and oxygen atoms in total. The van der Waals surface area contributed by atoms with Crippen LogP contribution in [-0.2, 0) is 14.6 Å². The van der Waals surface area contributed by atoms with Crippen LogP contribution in [0.5, 0.6) is 0 Å². The van der Waals surface area contributed by atoms with E-state index >= 15 is 0 Å². The zero-order valence-corrected chi connectivity index (χ0v) is 15.7. The molecule has 0 radical (unpaired) electrons. The zero-order chi connectivity index (χ0) is 19.1. The van der Waals surface area contributed by atoms with E-state index in [0.717, 1.165) is 4.90 Å². The smallest absolute Gasteiger partial charge is 0.262 e. The second kappa shape index (κ2) is 6.83. The zero-order valence-electron chi connectivity index (χ0n) is 14.8. The van der Waals surface area contributed by atoms with Crippen molar-refractivity contribution in [1.82, 2.24) is 9.80 Å². The molecule has 0 spiro atoms. The molecule has 2 atom stereocenters. The Kier molecular flexibility index (Phi) is 4.88. The van der Waals surface area contributed by atoms with Crippen molar-refractivity contribution in [1.29, 1.82) is 0 Å². The first-order chi connectivity index (χ1) is 12.2. The third kappa shape index (κ3) is 3.25. The SMILES string of the molecule is CC[C@@H](C)N(C(=O)CN1C(=O)c2ccccc2C1=O)[C@@H]1CCS(=O)(=O)C1. The topological polar surface area (TPSA) is 91.8 Å². The van der Waals surface area contributed by atoms with E-state index in [9.17, 15) is 22.8 Å². The molecule has 2 aliphatic rings. The van der Waals surface area contributed by atoms with Crippen molar-refractivity contribution in [2.24, 2.45) is 0 Å². The standard InChI is InChI=1S/C18H22N2O5S/c1-3-12(2)20(13-8-9-26(24,25)11-13)16(21)10-19-17(22)14-6-4-5-7-15(14)18(19)23/h4-7,12-13H,3,8-11H2,1-2H3/t12-,13-/m1/s1. The van der Waals surface area contributed by atoms with E-state index in [-0.39, 0.29) is 24.1 Å². The van der Waals surface area contributed by atoms with E-state index in [2.05, 4.69) is 0 Å². The lowest BCUT2D eigenvalue weighted by atomic mass is 10.1. The average molecular weight is 378 g/mol. The van der Waals surface area contributed by atoms with Crippen molar-refractivity contribution in [3.05, 3.63) is 35.4 Å². The molecule has 1 aromatic rings. The summed E-state index contributed by atoms with van der Waals surface area (Å²) in [7, 11) is -3.15. The van der Waals surface area contributed by atoms with E-state index < -0.39 is 33.6 Å². The molecule has 0 unspecified atom stereocenters. The van der Waals surface area contributed by atoms with Crippen molar-refractivity contribution < 1.29 is 22.8 Å². The number of hydrogen-bond acceptors (Lipinski definition) is 5. The highest BCUT2D eigenvalue weighted by Crippen LogP contribution is 2.25. The summed E-state index contributed by atoms with van der Waals surface area (Å²) >= 11 is 0. The Morgan fingerprint density at radius 1 is 1.23 bits per heavy atom. The molecule has 1 aromatic carbocycles. The molecule has 0 bridgehead atoms. The van der Waals surface area contributed by atoms with Crippen molar-refractivity contribution in [3.8, 4) is 0 Å². The molecule has 8 heteroatoms. The number of fused-ring (bicyclic) bond motifs is 1. The molecule has 0 N–H and O–H groups in total. The van der Waals surface area contributed by atoms with Crippen LogP contribution in [0.2, 0.25) is 0 Å². The summed E-state index contributed by atoms with van der Waals surface area (Å²) in [5, 5.41) is 0. The number of nitrogens with zero attached hydrogens (tertiary/aromatic N) is 2. The van der Waals surface area contributed by atoms with Gasteiger partial charge >= 0.3 is 0 Å². The summed E-state index contributed by atoms with van der Waals surface area (Å²) in [4.78, 5) is 40.4. The Hall–Kier alpha value is -2.22. The first kappa shape index (κ1) is 18.6. The highest BCUT2D eigenvalue weighted by Gasteiger charge is 2.40. The highest BCUT2D eigenvalue weighted by atomic mass is 32.2. The van der Waals surface area contributed by atoms with Crippen molar-refractivity contribution >= 4 is 27.6 Å². The average Bonchev–Trinajstić information content (AvgIpc) is 3.07. The summed E-state index contributed by atoms with van der Waals surface area (Å²) in [6.45, 7) is 3.40. The number of sulfone groups is 1. The fourth-order valence-electron chi connectivity index (χ4n) is 3.60. The maximum atomic E-state index is 12.9. The van der Waals surface area contributed by atoms with Gasteiger partial charge in [0.05, 0.1) is 22.6 Å². The van der Waals surface area contributed by atoms with Gasteiger partial charge < -0.3 is 4.90 Å². The third-order valence-corrected chi connectivity index (χ3v) is 6.88. The van der Waals surface area contributed by atoms with Crippen LogP contribution >= 0.6 is 0 Å². The first-order valence-electron chi connectivity index (χ1n) is 8.72. The Morgan fingerprint density at radius 3 is 2.27 bits per heavy atom. The molecule has 0 saturated carbocycles. The van der Waals surface area contributed by atoms with Gasteiger partial charge in [0.15, 0.2) is 9.84 Å². The molecule has 1 saturated heterocycles. The second-order valence-electron chi connectivity index (χ2n) is 6.86. The molecule has 26 heavy (non-hydrogen) atoms.